The summed E-state index contributed by atoms with van der Waals surface area (Å²) in [6.07, 6.45) is 0. The fraction of sp³-hybridized carbons (Fsp3) is 0.385. The summed E-state index contributed by atoms with van der Waals surface area (Å²) in [5.74, 6) is 0.938. The van der Waals surface area contributed by atoms with Crippen molar-refractivity contribution in [2.24, 2.45) is 0 Å². The molecule has 2 heteroatoms. The van der Waals surface area contributed by atoms with Gasteiger partial charge in [0, 0.05) is 17.6 Å². The number of methoxy groups -OCH3 is 1. The molecule has 0 saturated heterocycles. The van der Waals surface area contributed by atoms with E-state index in [1.807, 2.05) is 0 Å². The van der Waals surface area contributed by atoms with E-state index >= 15 is 0 Å². The molecule has 0 saturated carbocycles. The second-order valence-corrected chi connectivity index (χ2v) is 3.91. The molecular formula is C13H17NO. The lowest BCUT2D eigenvalue weighted by Gasteiger charge is -2.08. The van der Waals surface area contributed by atoms with Crippen molar-refractivity contribution in [1.82, 2.24) is 4.57 Å². The zero-order chi connectivity index (χ0) is 11.0. The molecule has 0 spiro atoms. The van der Waals surface area contributed by atoms with E-state index in [0.717, 1.165) is 12.3 Å². The average molecular weight is 203 g/mol. The first-order valence-corrected chi connectivity index (χ1v) is 5.31. The summed E-state index contributed by atoms with van der Waals surface area (Å²) in [7, 11) is 1.71. The third kappa shape index (κ3) is 1.50. The molecule has 2 aromatic rings. The molecule has 0 amide bonds. The minimum absolute atomic E-state index is 0.938. The number of rotatable bonds is 2. The van der Waals surface area contributed by atoms with E-state index in [2.05, 4.69) is 43.5 Å². The highest BCUT2D eigenvalue weighted by molar-refractivity contribution is 5.85. The van der Waals surface area contributed by atoms with E-state index in [-0.39, 0.29) is 0 Å². The Morgan fingerprint density at radius 3 is 2.53 bits per heavy atom. The van der Waals surface area contributed by atoms with Crippen LogP contribution in [0.1, 0.15) is 18.2 Å². The van der Waals surface area contributed by atoms with Crippen LogP contribution in [0.15, 0.2) is 18.2 Å². The third-order valence-corrected chi connectivity index (χ3v) is 2.92. The summed E-state index contributed by atoms with van der Waals surface area (Å²) in [4.78, 5) is 0. The van der Waals surface area contributed by atoms with Gasteiger partial charge in [-0.25, -0.2) is 0 Å². The van der Waals surface area contributed by atoms with E-state index in [1.54, 1.807) is 7.11 Å². The fourth-order valence-corrected chi connectivity index (χ4v) is 2.26. The van der Waals surface area contributed by atoms with Gasteiger partial charge in [-0.3, -0.25) is 0 Å². The van der Waals surface area contributed by atoms with Crippen molar-refractivity contribution in [2.75, 3.05) is 7.11 Å². The molecule has 15 heavy (non-hydrogen) atoms. The number of nitrogens with zero attached hydrogens (tertiary/aromatic N) is 1. The first-order valence-electron chi connectivity index (χ1n) is 5.31. The van der Waals surface area contributed by atoms with Gasteiger partial charge in [0.2, 0.25) is 0 Å². The summed E-state index contributed by atoms with van der Waals surface area (Å²) in [5.41, 5.74) is 3.92. The van der Waals surface area contributed by atoms with Crippen LogP contribution in [0.2, 0.25) is 0 Å². The monoisotopic (exact) mass is 203 g/mol. The predicted octanol–water partition coefficient (Wildman–Crippen LogP) is 3.29. The molecule has 2 rings (SSSR count). The van der Waals surface area contributed by atoms with Crippen molar-refractivity contribution in [2.45, 2.75) is 27.3 Å². The van der Waals surface area contributed by atoms with Crippen LogP contribution in [0.25, 0.3) is 10.9 Å². The first-order chi connectivity index (χ1) is 7.17. The number of fused-ring (bicyclic) bond motifs is 1. The number of aryl methyl sites for hydroxylation is 3. The summed E-state index contributed by atoms with van der Waals surface area (Å²) < 4.78 is 7.61. The molecule has 2 nitrogen and oxygen atoms in total. The Morgan fingerprint density at radius 2 is 1.93 bits per heavy atom. The molecule has 1 aromatic carbocycles. The van der Waals surface area contributed by atoms with Gasteiger partial charge in [-0.2, -0.15) is 0 Å². The zero-order valence-corrected chi connectivity index (χ0v) is 9.79. The molecule has 1 heterocycles. The molecule has 0 unspecified atom stereocenters. The highest BCUT2D eigenvalue weighted by Crippen LogP contribution is 2.27. The lowest BCUT2D eigenvalue weighted by atomic mass is 10.1. The first kappa shape index (κ1) is 10.1. The Bertz CT molecular complexity index is 497. The highest BCUT2D eigenvalue weighted by atomic mass is 16.5. The van der Waals surface area contributed by atoms with Gasteiger partial charge in [-0.15, -0.1) is 0 Å². The Labute approximate surface area is 90.5 Å². The highest BCUT2D eigenvalue weighted by Gasteiger charge is 2.08. The standard InChI is InChI=1S/C13H17NO/c1-5-14-10(3)7-11-8-12(15-4)6-9(2)13(11)14/h6-8H,5H2,1-4H3. The number of benzene rings is 1. The molecule has 0 bridgehead atoms. The molecular weight excluding hydrogens is 186 g/mol. The van der Waals surface area contributed by atoms with Gasteiger partial charge in [-0.1, -0.05) is 0 Å². The maximum absolute atomic E-state index is 5.28. The van der Waals surface area contributed by atoms with E-state index < -0.39 is 0 Å². The molecule has 0 fully saturated rings. The van der Waals surface area contributed by atoms with E-state index in [1.165, 1.54) is 22.2 Å². The number of hydrogen-bond donors (Lipinski definition) is 0. The number of ether oxygens (including phenoxy) is 1. The van der Waals surface area contributed by atoms with E-state index in [0.29, 0.717) is 0 Å². The van der Waals surface area contributed by atoms with Crippen LogP contribution in [0, 0.1) is 13.8 Å². The van der Waals surface area contributed by atoms with Crippen LogP contribution in [-0.2, 0) is 6.54 Å². The van der Waals surface area contributed by atoms with Gasteiger partial charge in [0.05, 0.1) is 12.6 Å². The summed E-state index contributed by atoms with van der Waals surface area (Å²) in [5, 5.41) is 1.27. The maximum atomic E-state index is 5.28. The maximum Gasteiger partial charge on any atom is 0.119 e. The van der Waals surface area contributed by atoms with Crippen LogP contribution in [-0.4, -0.2) is 11.7 Å². The van der Waals surface area contributed by atoms with Crippen molar-refractivity contribution >= 4 is 10.9 Å². The van der Waals surface area contributed by atoms with Crippen LogP contribution >= 0.6 is 0 Å². The molecule has 0 aliphatic heterocycles. The molecule has 0 aliphatic carbocycles. The fourth-order valence-electron chi connectivity index (χ4n) is 2.26. The largest absolute Gasteiger partial charge is 0.497 e. The van der Waals surface area contributed by atoms with Crippen molar-refractivity contribution in [3.63, 3.8) is 0 Å². The van der Waals surface area contributed by atoms with Crippen LogP contribution in [0.5, 0.6) is 5.75 Å². The van der Waals surface area contributed by atoms with Crippen molar-refractivity contribution < 1.29 is 4.74 Å². The summed E-state index contributed by atoms with van der Waals surface area (Å²) in [6, 6.07) is 6.41. The number of hydrogen-bond acceptors (Lipinski definition) is 1. The normalized spacial score (nSPS) is 10.9. The molecule has 0 N–H and O–H groups in total. The molecule has 0 aliphatic rings. The van der Waals surface area contributed by atoms with Gasteiger partial charge in [0.1, 0.15) is 5.75 Å². The second-order valence-electron chi connectivity index (χ2n) is 3.91. The molecule has 80 valence electrons. The Balaban J connectivity index is 2.79. The van der Waals surface area contributed by atoms with Crippen LogP contribution in [0.4, 0.5) is 0 Å². The van der Waals surface area contributed by atoms with Crippen LogP contribution < -0.4 is 4.74 Å². The molecule has 1 aromatic heterocycles. The lowest BCUT2D eigenvalue weighted by Crippen LogP contribution is -1.97. The van der Waals surface area contributed by atoms with Gasteiger partial charge in [-0.05, 0) is 44.5 Å². The van der Waals surface area contributed by atoms with E-state index in [4.69, 9.17) is 4.74 Å². The molecule has 0 radical (unpaired) electrons. The van der Waals surface area contributed by atoms with Crippen molar-refractivity contribution in [1.29, 1.82) is 0 Å². The molecule has 0 atom stereocenters. The Kier molecular flexibility index (Phi) is 2.43. The smallest absolute Gasteiger partial charge is 0.119 e. The SMILES string of the molecule is CCn1c(C)cc2cc(OC)cc(C)c21. The second kappa shape index (κ2) is 3.61. The van der Waals surface area contributed by atoms with E-state index in [9.17, 15) is 0 Å². The zero-order valence-electron chi connectivity index (χ0n) is 9.79. The Morgan fingerprint density at radius 1 is 1.20 bits per heavy atom. The van der Waals surface area contributed by atoms with Gasteiger partial charge in [0.15, 0.2) is 0 Å². The summed E-state index contributed by atoms with van der Waals surface area (Å²) in [6.45, 7) is 7.48. The lowest BCUT2D eigenvalue weighted by molar-refractivity contribution is 0.415. The third-order valence-electron chi connectivity index (χ3n) is 2.92. The van der Waals surface area contributed by atoms with Gasteiger partial charge >= 0.3 is 0 Å². The minimum atomic E-state index is 0.938. The van der Waals surface area contributed by atoms with Crippen LogP contribution in [0.3, 0.4) is 0 Å². The van der Waals surface area contributed by atoms with Crippen molar-refractivity contribution in [3.05, 3.63) is 29.5 Å². The predicted molar refractivity (Wildman–Crippen MR) is 63.6 cm³/mol. The summed E-state index contributed by atoms with van der Waals surface area (Å²) >= 11 is 0. The van der Waals surface area contributed by atoms with Gasteiger partial charge in [0.25, 0.3) is 0 Å². The number of aromatic nitrogens is 1. The topological polar surface area (TPSA) is 14.2 Å². The minimum Gasteiger partial charge on any atom is -0.497 e. The Hall–Kier alpha value is -1.44. The van der Waals surface area contributed by atoms with Crippen molar-refractivity contribution in [3.8, 4) is 5.75 Å². The van der Waals surface area contributed by atoms with Gasteiger partial charge < -0.3 is 9.30 Å². The average Bonchev–Trinajstić information content (AvgIpc) is 2.53. The quantitative estimate of drug-likeness (QED) is 0.730.